The molecule has 3 N–H and O–H groups in total. The fraction of sp³-hybridized carbons (Fsp3) is 0.889. The lowest BCUT2D eigenvalue weighted by molar-refractivity contribution is -0.234. The van der Waals surface area contributed by atoms with E-state index in [1.54, 1.807) is 0 Å². The van der Waals surface area contributed by atoms with Crippen molar-refractivity contribution in [1.29, 1.82) is 0 Å². The topological polar surface area (TPSA) is 104 Å². The second-order valence-electron chi connectivity index (χ2n) is 6.04. The average Bonchev–Trinajstić information content (AvgIpc) is 2.58. The first kappa shape index (κ1) is 25.1. The van der Waals surface area contributed by atoms with Crippen molar-refractivity contribution >= 4 is 11.9 Å². The Hall–Kier alpha value is -1.14. The van der Waals surface area contributed by atoms with Gasteiger partial charge in [-0.25, -0.2) is 9.59 Å². The second-order valence-corrected chi connectivity index (χ2v) is 6.04. The summed E-state index contributed by atoms with van der Waals surface area (Å²) in [6.07, 6.45) is 11.8. The monoisotopic (exact) mass is 348 g/mol. The first-order valence-corrected chi connectivity index (χ1v) is 9.24. The van der Waals surface area contributed by atoms with Gasteiger partial charge in [-0.3, -0.25) is 0 Å². The Kier molecular flexibility index (Phi) is 20.8. The molecule has 0 amide bonds. The Balaban J connectivity index is 0. The predicted octanol–water partition coefficient (Wildman–Crippen LogP) is 4.55. The van der Waals surface area contributed by atoms with Gasteiger partial charge in [0.15, 0.2) is 6.10 Å². The van der Waals surface area contributed by atoms with E-state index in [1.165, 1.54) is 32.1 Å². The maximum Gasteiger partial charge on any atom is 0.342 e. The smallest absolute Gasteiger partial charge is 0.342 e. The van der Waals surface area contributed by atoms with Crippen LogP contribution >= 0.6 is 0 Å². The van der Waals surface area contributed by atoms with Crippen LogP contribution in [0, 0.1) is 0 Å². The van der Waals surface area contributed by atoms with E-state index >= 15 is 0 Å². The predicted molar refractivity (Wildman–Crippen MR) is 93.7 cm³/mol. The molecule has 1 unspecified atom stereocenters. The number of aliphatic hydroxyl groups is 1. The molecular weight excluding hydrogens is 312 g/mol. The summed E-state index contributed by atoms with van der Waals surface area (Å²) in [7, 11) is 0. The van der Waals surface area contributed by atoms with E-state index in [-0.39, 0.29) is 0 Å². The third kappa shape index (κ3) is 20.9. The molecule has 0 fully saturated rings. The highest BCUT2D eigenvalue weighted by Gasteiger charge is 2.11. The molecule has 144 valence electrons. The normalized spacial score (nSPS) is 11.3. The highest BCUT2D eigenvalue weighted by atomic mass is 17.1. The van der Waals surface area contributed by atoms with Crippen molar-refractivity contribution in [2.45, 2.75) is 103 Å². The number of aliphatic hydroxyl groups excluding tert-OH is 1. The van der Waals surface area contributed by atoms with E-state index in [0.717, 1.165) is 38.5 Å². The third-order valence-electron chi connectivity index (χ3n) is 3.70. The van der Waals surface area contributed by atoms with Gasteiger partial charge in [0.25, 0.3) is 0 Å². The van der Waals surface area contributed by atoms with Gasteiger partial charge in [-0.15, -0.1) is 0 Å². The summed E-state index contributed by atoms with van der Waals surface area (Å²) < 4.78 is 0. The molecule has 0 aliphatic carbocycles. The van der Waals surface area contributed by atoms with Gasteiger partial charge in [-0.05, 0) is 12.8 Å². The number of carbonyl (C=O) groups is 2. The maximum absolute atomic E-state index is 10.5. The summed E-state index contributed by atoms with van der Waals surface area (Å²) >= 11 is 0. The highest BCUT2D eigenvalue weighted by Crippen LogP contribution is 2.08. The molecule has 0 aromatic rings. The minimum Gasteiger partial charge on any atom is -0.479 e. The quantitative estimate of drug-likeness (QED) is 0.242. The standard InChI is InChI=1S/C10H20O3.C8H16O3/c1-2-3-4-5-6-7-8-9-10(11)13-12;1-2-3-4-5-6-7(9)8(10)11/h12H,2-9H2,1H3;7,9H,2-6H2,1H3,(H,10,11). The van der Waals surface area contributed by atoms with Crippen molar-refractivity contribution in [1.82, 2.24) is 0 Å². The second kappa shape index (κ2) is 19.9. The zero-order valence-electron chi connectivity index (χ0n) is 15.3. The molecule has 0 aliphatic heterocycles. The molecule has 6 heteroatoms. The van der Waals surface area contributed by atoms with E-state index in [4.69, 9.17) is 15.5 Å². The van der Waals surface area contributed by atoms with Crippen LogP contribution in [0.4, 0.5) is 0 Å². The van der Waals surface area contributed by atoms with Gasteiger partial charge >= 0.3 is 11.9 Å². The zero-order chi connectivity index (χ0) is 18.6. The van der Waals surface area contributed by atoms with Crippen LogP contribution in [0.3, 0.4) is 0 Å². The van der Waals surface area contributed by atoms with E-state index in [0.29, 0.717) is 12.8 Å². The van der Waals surface area contributed by atoms with Crippen LogP contribution < -0.4 is 0 Å². The molecular formula is C18H36O6. The van der Waals surface area contributed by atoms with Crippen LogP contribution in [0.1, 0.15) is 97.3 Å². The molecule has 0 saturated carbocycles. The molecule has 0 aromatic heterocycles. The van der Waals surface area contributed by atoms with Gasteiger partial charge in [0.1, 0.15) is 0 Å². The number of carboxylic acids is 1. The lowest BCUT2D eigenvalue weighted by Gasteiger charge is -2.03. The minimum atomic E-state index is -1.16. The number of carbonyl (C=O) groups excluding carboxylic acids is 1. The summed E-state index contributed by atoms with van der Waals surface area (Å²) in [4.78, 5) is 24.1. The molecule has 0 rings (SSSR count). The Morgan fingerprint density at radius 1 is 0.833 bits per heavy atom. The zero-order valence-corrected chi connectivity index (χ0v) is 15.3. The fourth-order valence-electron chi connectivity index (χ4n) is 2.16. The summed E-state index contributed by atoms with van der Waals surface area (Å²) in [5.41, 5.74) is 0. The molecule has 0 spiro atoms. The van der Waals surface area contributed by atoms with E-state index < -0.39 is 18.0 Å². The summed E-state index contributed by atoms with van der Waals surface area (Å²) in [6.45, 7) is 4.28. The van der Waals surface area contributed by atoms with Crippen LogP contribution in [0.5, 0.6) is 0 Å². The SMILES string of the molecule is CCCCCCC(O)C(=O)O.CCCCCCCCCC(=O)OO. The van der Waals surface area contributed by atoms with Crippen LogP contribution in [0.2, 0.25) is 0 Å². The molecule has 0 aromatic carbocycles. The molecule has 0 bridgehead atoms. The van der Waals surface area contributed by atoms with Crippen LogP contribution in [-0.4, -0.2) is 33.5 Å². The molecule has 6 nitrogen and oxygen atoms in total. The number of hydrogen-bond donors (Lipinski definition) is 3. The maximum atomic E-state index is 10.5. The van der Waals surface area contributed by atoms with Gasteiger partial charge in [0.2, 0.25) is 0 Å². The van der Waals surface area contributed by atoms with Crippen molar-refractivity contribution in [2.75, 3.05) is 0 Å². The van der Waals surface area contributed by atoms with E-state index in [2.05, 4.69) is 18.7 Å². The van der Waals surface area contributed by atoms with Crippen molar-refractivity contribution in [3.05, 3.63) is 0 Å². The molecule has 24 heavy (non-hydrogen) atoms. The minimum absolute atomic E-state index is 0.338. The summed E-state index contributed by atoms with van der Waals surface area (Å²) in [5.74, 6) is -1.63. The van der Waals surface area contributed by atoms with Gasteiger partial charge in [-0.1, -0.05) is 78.1 Å². The molecule has 0 saturated heterocycles. The first-order valence-electron chi connectivity index (χ1n) is 9.24. The Labute approximate surface area is 146 Å². The fourth-order valence-corrected chi connectivity index (χ4v) is 2.16. The van der Waals surface area contributed by atoms with Crippen molar-refractivity contribution in [3.8, 4) is 0 Å². The highest BCUT2D eigenvalue weighted by molar-refractivity contribution is 5.71. The van der Waals surface area contributed by atoms with Crippen molar-refractivity contribution < 1.29 is 29.9 Å². The molecule has 0 aliphatic rings. The van der Waals surface area contributed by atoms with Crippen LogP contribution in [-0.2, 0) is 14.5 Å². The number of hydrogen-bond acceptors (Lipinski definition) is 5. The Bertz CT molecular complexity index is 293. The number of carboxylic acid groups (broad SMARTS) is 1. The van der Waals surface area contributed by atoms with Crippen LogP contribution in [0.15, 0.2) is 0 Å². The lowest BCUT2D eigenvalue weighted by Crippen LogP contribution is -2.18. The Morgan fingerprint density at radius 3 is 1.75 bits per heavy atom. The molecule has 1 atom stereocenters. The number of rotatable bonds is 14. The lowest BCUT2D eigenvalue weighted by atomic mass is 10.1. The van der Waals surface area contributed by atoms with Crippen molar-refractivity contribution in [3.63, 3.8) is 0 Å². The Morgan fingerprint density at radius 2 is 1.29 bits per heavy atom. The third-order valence-corrected chi connectivity index (χ3v) is 3.70. The number of unbranched alkanes of at least 4 members (excludes halogenated alkanes) is 9. The molecule has 0 radical (unpaired) electrons. The van der Waals surface area contributed by atoms with Crippen molar-refractivity contribution in [2.24, 2.45) is 0 Å². The van der Waals surface area contributed by atoms with Gasteiger partial charge in [0, 0.05) is 6.42 Å². The van der Waals surface area contributed by atoms with Gasteiger partial charge < -0.3 is 15.1 Å². The summed E-state index contributed by atoms with van der Waals surface area (Å²) in [5, 5.41) is 25.1. The van der Waals surface area contributed by atoms with Crippen LogP contribution in [0.25, 0.3) is 0 Å². The number of aliphatic carboxylic acids is 1. The van der Waals surface area contributed by atoms with Gasteiger partial charge in [0.05, 0.1) is 0 Å². The average molecular weight is 348 g/mol. The summed E-state index contributed by atoms with van der Waals surface area (Å²) in [6, 6.07) is 0. The molecule has 0 heterocycles. The van der Waals surface area contributed by atoms with E-state index in [9.17, 15) is 9.59 Å². The largest absolute Gasteiger partial charge is 0.479 e. The van der Waals surface area contributed by atoms with Gasteiger partial charge in [-0.2, -0.15) is 5.26 Å². The first-order chi connectivity index (χ1) is 11.5. The van der Waals surface area contributed by atoms with E-state index in [1.807, 2.05) is 0 Å².